The van der Waals surface area contributed by atoms with Gasteiger partial charge in [0.05, 0.1) is 13.2 Å². The monoisotopic (exact) mass is 353 g/mol. The van der Waals surface area contributed by atoms with Crippen molar-refractivity contribution in [3.63, 3.8) is 0 Å². The van der Waals surface area contributed by atoms with Crippen LogP contribution in [0.3, 0.4) is 0 Å². The van der Waals surface area contributed by atoms with Gasteiger partial charge in [0.2, 0.25) is 10.0 Å². The van der Waals surface area contributed by atoms with Gasteiger partial charge in [0, 0.05) is 0 Å². The highest BCUT2D eigenvalue weighted by molar-refractivity contribution is 7.89. The Labute approximate surface area is 138 Å². The zero-order chi connectivity index (χ0) is 16.4. The SMILES string of the molecule is CNS(=O)(=O)c1ccsc1C(=O)Oc1ccc2c(c1)CCOC2. The van der Waals surface area contributed by atoms with E-state index in [1.54, 1.807) is 17.5 Å². The Balaban J connectivity index is 1.84. The van der Waals surface area contributed by atoms with Crippen molar-refractivity contribution in [1.82, 2.24) is 4.72 Å². The van der Waals surface area contributed by atoms with Crippen LogP contribution in [0.5, 0.6) is 5.75 Å². The first-order valence-corrected chi connectivity index (χ1v) is 9.30. The van der Waals surface area contributed by atoms with E-state index in [4.69, 9.17) is 9.47 Å². The maximum absolute atomic E-state index is 12.3. The number of hydrogen-bond acceptors (Lipinski definition) is 6. The van der Waals surface area contributed by atoms with Crippen molar-refractivity contribution < 1.29 is 22.7 Å². The lowest BCUT2D eigenvalue weighted by Gasteiger charge is -2.17. The standard InChI is InChI=1S/C15H15NO5S2/c1-16-23(18,19)13-5-7-22-14(13)15(17)21-12-3-2-11-9-20-6-4-10(11)8-12/h2-3,5,7-8,16H,4,6,9H2,1H3. The Morgan fingerprint density at radius 2 is 2.13 bits per heavy atom. The number of benzene rings is 1. The first-order chi connectivity index (χ1) is 11.0. The molecule has 0 saturated carbocycles. The van der Waals surface area contributed by atoms with Crippen molar-refractivity contribution in [2.75, 3.05) is 13.7 Å². The van der Waals surface area contributed by atoms with Crippen LogP contribution in [0.25, 0.3) is 0 Å². The van der Waals surface area contributed by atoms with Gasteiger partial charge in [0.1, 0.15) is 15.5 Å². The lowest BCUT2D eigenvalue weighted by molar-refractivity contribution is 0.0735. The topological polar surface area (TPSA) is 81.7 Å². The van der Waals surface area contributed by atoms with Crippen LogP contribution < -0.4 is 9.46 Å². The first-order valence-electron chi connectivity index (χ1n) is 6.94. The molecule has 0 saturated heterocycles. The summed E-state index contributed by atoms with van der Waals surface area (Å²) in [7, 11) is -2.39. The highest BCUT2D eigenvalue weighted by Crippen LogP contribution is 2.26. The highest BCUT2D eigenvalue weighted by atomic mass is 32.2. The van der Waals surface area contributed by atoms with E-state index in [9.17, 15) is 13.2 Å². The number of carbonyl (C=O) groups excluding carboxylic acids is 1. The lowest BCUT2D eigenvalue weighted by Crippen LogP contribution is -2.21. The van der Waals surface area contributed by atoms with Crippen LogP contribution in [0, 0.1) is 0 Å². The smallest absolute Gasteiger partial charge is 0.355 e. The summed E-state index contributed by atoms with van der Waals surface area (Å²) in [6, 6.07) is 6.73. The molecule has 1 aliphatic rings. The molecule has 0 spiro atoms. The summed E-state index contributed by atoms with van der Waals surface area (Å²) in [4.78, 5) is 12.3. The molecule has 0 amide bonds. The summed E-state index contributed by atoms with van der Waals surface area (Å²) >= 11 is 1.03. The van der Waals surface area contributed by atoms with Crippen LogP contribution in [0.4, 0.5) is 0 Å². The van der Waals surface area contributed by atoms with E-state index in [-0.39, 0.29) is 9.77 Å². The molecule has 0 bridgehead atoms. The Bertz CT molecular complexity index is 841. The highest BCUT2D eigenvalue weighted by Gasteiger charge is 2.24. The summed E-state index contributed by atoms with van der Waals surface area (Å²) in [6.45, 7) is 1.19. The zero-order valence-corrected chi connectivity index (χ0v) is 14.0. The predicted molar refractivity (Wildman–Crippen MR) is 85.3 cm³/mol. The average molecular weight is 353 g/mol. The number of thiophene rings is 1. The number of fused-ring (bicyclic) bond motifs is 1. The predicted octanol–water partition coefficient (Wildman–Crippen LogP) is 1.95. The molecule has 2 heterocycles. The Hall–Kier alpha value is -1.74. The van der Waals surface area contributed by atoms with Crippen molar-refractivity contribution in [3.05, 3.63) is 45.6 Å². The second-order valence-electron chi connectivity index (χ2n) is 4.94. The van der Waals surface area contributed by atoms with Crippen molar-refractivity contribution in [2.45, 2.75) is 17.9 Å². The minimum absolute atomic E-state index is 0.0559. The lowest BCUT2D eigenvalue weighted by atomic mass is 10.0. The van der Waals surface area contributed by atoms with Gasteiger partial charge in [-0.15, -0.1) is 11.3 Å². The molecule has 1 aromatic carbocycles. The Morgan fingerprint density at radius 3 is 2.91 bits per heavy atom. The van der Waals surface area contributed by atoms with Gasteiger partial charge in [0.15, 0.2) is 0 Å². The number of nitrogens with one attached hydrogen (secondary N) is 1. The maximum atomic E-state index is 12.3. The van der Waals surface area contributed by atoms with Crippen molar-refractivity contribution in [1.29, 1.82) is 0 Å². The molecule has 23 heavy (non-hydrogen) atoms. The molecule has 122 valence electrons. The molecule has 6 nitrogen and oxygen atoms in total. The quantitative estimate of drug-likeness (QED) is 0.671. The fourth-order valence-electron chi connectivity index (χ4n) is 2.32. The van der Waals surface area contributed by atoms with E-state index in [0.717, 1.165) is 28.9 Å². The fourth-order valence-corrected chi connectivity index (χ4v) is 4.34. The maximum Gasteiger partial charge on any atom is 0.355 e. The van der Waals surface area contributed by atoms with Crippen LogP contribution in [0.1, 0.15) is 20.8 Å². The van der Waals surface area contributed by atoms with Crippen LogP contribution in [-0.2, 0) is 27.8 Å². The van der Waals surface area contributed by atoms with Crippen LogP contribution in [0.2, 0.25) is 0 Å². The van der Waals surface area contributed by atoms with Gasteiger partial charge in [0.25, 0.3) is 0 Å². The summed E-state index contributed by atoms with van der Waals surface area (Å²) in [5.74, 6) is -0.280. The van der Waals surface area contributed by atoms with Crippen LogP contribution in [0.15, 0.2) is 34.5 Å². The van der Waals surface area contributed by atoms with Crippen molar-refractivity contribution >= 4 is 27.3 Å². The van der Waals surface area contributed by atoms with E-state index >= 15 is 0 Å². The number of rotatable bonds is 4. The molecule has 0 aliphatic carbocycles. The van der Waals surface area contributed by atoms with Gasteiger partial charge in [-0.1, -0.05) is 6.07 Å². The molecule has 0 radical (unpaired) electrons. The number of esters is 1. The van der Waals surface area contributed by atoms with Gasteiger partial charge in [-0.05, 0) is 48.2 Å². The number of hydrogen-bond donors (Lipinski definition) is 1. The molecule has 0 unspecified atom stereocenters. The minimum atomic E-state index is -3.69. The molecular formula is C15H15NO5S2. The Kier molecular flexibility index (Phi) is 4.49. The fraction of sp³-hybridized carbons (Fsp3) is 0.267. The number of ether oxygens (including phenoxy) is 2. The summed E-state index contributed by atoms with van der Waals surface area (Å²) in [6.07, 6.45) is 0.763. The van der Waals surface area contributed by atoms with Crippen LogP contribution >= 0.6 is 11.3 Å². The first kappa shape index (κ1) is 16.1. The molecule has 1 aliphatic heterocycles. The molecule has 2 aromatic rings. The van der Waals surface area contributed by atoms with Crippen molar-refractivity contribution in [2.24, 2.45) is 0 Å². The van der Waals surface area contributed by atoms with E-state index in [2.05, 4.69) is 4.72 Å². The molecule has 1 aromatic heterocycles. The third-order valence-corrected chi connectivity index (χ3v) is 6.01. The van der Waals surface area contributed by atoms with Gasteiger partial charge in [-0.2, -0.15) is 0 Å². The third kappa shape index (κ3) is 3.30. The van der Waals surface area contributed by atoms with Crippen LogP contribution in [-0.4, -0.2) is 28.0 Å². The summed E-state index contributed by atoms with van der Waals surface area (Å²) in [5, 5.41) is 1.55. The number of carbonyl (C=O) groups is 1. The average Bonchev–Trinajstić information content (AvgIpc) is 3.05. The second kappa shape index (κ2) is 6.40. The van der Waals surface area contributed by atoms with E-state index in [1.165, 1.54) is 13.1 Å². The Morgan fingerprint density at radius 1 is 1.30 bits per heavy atom. The molecule has 1 N–H and O–H groups in total. The largest absolute Gasteiger partial charge is 0.422 e. The third-order valence-electron chi connectivity index (χ3n) is 3.53. The van der Waals surface area contributed by atoms with Gasteiger partial charge >= 0.3 is 5.97 Å². The van der Waals surface area contributed by atoms with Crippen molar-refractivity contribution in [3.8, 4) is 5.75 Å². The zero-order valence-electron chi connectivity index (χ0n) is 12.4. The molecule has 3 rings (SSSR count). The van der Waals surface area contributed by atoms with E-state index < -0.39 is 16.0 Å². The molecule has 8 heteroatoms. The van der Waals surface area contributed by atoms with E-state index in [0.29, 0.717) is 19.0 Å². The van der Waals surface area contributed by atoms with Gasteiger partial charge < -0.3 is 9.47 Å². The van der Waals surface area contributed by atoms with Gasteiger partial charge in [-0.3, -0.25) is 0 Å². The van der Waals surface area contributed by atoms with Gasteiger partial charge in [-0.25, -0.2) is 17.9 Å². The molecule has 0 fully saturated rings. The normalized spacial score (nSPS) is 14.3. The number of sulfonamides is 1. The molecular weight excluding hydrogens is 338 g/mol. The second-order valence-corrected chi connectivity index (χ2v) is 7.72. The van der Waals surface area contributed by atoms with E-state index in [1.807, 2.05) is 6.07 Å². The minimum Gasteiger partial charge on any atom is -0.422 e. The summed E-state index contributed by atoms with van der Waals surface area (Å²) in [5.41, 5.74) is 2.15. The molecule has 0 atom stereocenters. The summed E-state index contributed by atoms with van der Waals surface area (Å²) < 4.78 is 36.7.